The zero-order chi connectivity index (χ0) is 18.4. The second-order valence-electron chi connectivity index (χ2n) is 6.46. The molecule has 1 aromatic carbocycles. The molecule has 0 saturated carbocycles. The molecular formula is C20H26ClNO3. The fraction of sp³-hybridized carbons (Fsp3) is 0.450. The van der Waals surface area contributed by atoms with Crippen molar-refractivity contribution in [2.45, 2.75) is 53.1 Å². The molecule has 0 fully saturated rings. The van der Waals surface area contributed by atoms with Crippen LogP contribution in [0.1, 0.15) is 67.0 Å². The Labute approximate surface area is 154 Å². The Balaban J connectivity index is 2.03. The summed E-state index contributed by atoms with van der Waals surface area (Å²) in [6.45, 7) is 9.15. The number of carbonyl (C=O) groups excluding carboxylic acids is 1. The Hall–Kier alpha value is -1.94. The normalized spacial score (nSPS) is 11.0. The number of ether oxygens (including phenoxy) is 1. The summed E-state index contributed by atoms with van der Waals surface area (Å²) in [6.07, 6.45) is 1.99. The van der Waals surface area contributed by atoms with Gasteiger partial charge in [0.1, 0.15) is 18.1 Å². The first-order valence-electron chi connectivity index (χ1n) is 8.72. The van der Waals surface area contributed by atoms with Gasteiger partial charge in [-0.2, -0.15) is 0 Å². The lowest BCUT2D eigenvalue weighted by Gasteiger charge is -2.15. The van der Waals surface area contributed by atoms with E-state index in [2.05, 4.69) is 26.1 Å². The maximum absolute atomic E-state index is 12.0. The SMILES string of the molecule is CCCCNC(=O)c1ccc(COc2cc(C)c(Cl)cc2C(C)C)o1. The van der Waals surface area contributed by atoms with Crippen molar-refractivity contribution in [2.24, 2.45) is 0 Å². The van der Waals surface area contributed by atoms with Crippen molar-refractivity contribution in [2.75, 3.05) is 6.54 Å². The van der Waals surface area contributed by atoms with Gasteiger partial charge in [-0.05, 0) is 54.7 Å². The molecule has 25 heavy (non-hydrogen) atoms. The molecule has 136 valence electrons. The van der Waals surface area contributed by atoms with Crippen molar-refractivity contribution in [3.8, 4) is 5.75 Å². The first-order chi connectivity index (χ1) is 11.9. The van der Waals surface area contributed by atoms with Crippen molar-refractivity contribution in [1.82, 2.24) is 5.32 Å². The van der Waals surface area contributed by atoms with Crippen LogP contribution in [0.2, 0.25) is 5.02 Å². The minimum Gasteiger partial charge on any atom is -0.485 e. The number of rotatable bonds is 8. The fourth-order valence-electron chi connectivity index (χ4n) is 2.44. The maximum Gasteiger partial charge on any atom is 0.286 e. The summed E-state index contributed by atoms with van der Waals surface area (Å²) < 4.78 is 11.5. The van der Waals surface area contributed by atoms with Crippen molar-refractivity contribution >= 4 is 17.5 Å². The quantitative estimate of drug-likeness (QED) is 0.632. The summed E-state index contributed by atoms with van der Waals surface area (Å²) >= 11 is 6.22. The number of carbonyl (C=O) groups is 1. The maximum atomic E-state index is 12.0. The molecule has 1 N–H and O–H groups in total. The monoisotopic (exact) mass is 363 g/mol. The topological polar surface area (TPSA) is 51.5 Å². The number of amides is 1. The van der Waals surface area contributed by atoms with Crippen LogP contribution in [0.3, 0.4) is 0 Å². The number of benzene rings is 1. The molecule has 0 aliphatic heterocycles. The summed E-state index contributed by atoms with van der Waals surface area (Å²) in [5, 5.41) is 3.57. The molecule has 2 aromatic rings. The van der Waals surface area contributed by atoms with Gasteiger partial charge in [-0.3, -0.25) is 4.79 Å². The van der Waals surface area contributed by atoms with Crippen molar-refractivity contribution < 1.29 is 13.9 Å². The van der Waals surface area contributed by atoms with Crippen molar-refractivity contribution in [3.05, 3.63) is 51.9 Å². The van der Waals surface area contributed by atoms with Crippen LogP contribution in [0, 0.1) is 6.92 Å². The van der Waals surface area contributed by atoms with Crippen LogP contribution in [-0.2, 0) is 6.61 Å². The van der Waals surface area contributed by atoms with Gasteiger partial charge < -0.3 is 14.5 Å². The number of halogens is 1. The van der Waals surface area contributed by atoms with Crippen molar-refractivity contribution in [1.29, 1.82) is 0 Å². The second kappa shape index (κ2) is 8.95. The van der Waals surface area contributed by atoms with E-state index < -0.39 is 0 Å². The molecule has 0 saturated heterocycles. The predicted octanol–water partition coefficient (Wildman–Crippen LogP) is 5.47. The summed E-state index contributed by atoms with van der Waals surface area (Å²) in [7, 11) is 0. The summed E-state index contributed by atoms with van der Waals surface area (Å²) in [5.74, 6) is 1.82. The van der Waals surface area contributed by atoms with E-state index in [4.69, 9.17) is 20.8 Å². The number of furan rings is 1. The average molecular weight is 364 g/mol. The van der Waals surface area contributed by atoms with Gasteiger partial charge >= 0.3 is 0 Å². The van der Waals surface area contributed by atoms with Gasteiger partial charge in [-0.1, -0.05) is 38.8 Å². The van der Waals surface area contributed by atoms with Crippen LogP contribution in [0.15, 0.2) is 28.7 Å². The summed E-state index contributed by atoms with van der Waals surface area (Å²) in [5.41, 5.74) is 2.02. The molecule has 0 bridgehead atoms. The average Bonchev–Trinajstić information content (AvgIpc) is 3.04. The molecule has 5 heteroatoms. The van der Waals surface area contributed by atoms with Crippen molar-refractivity contribution in [3.63, 3.8) is 0 Å². The molecule has 4 nitrogen and oxygen atoms in total. The van der Waals surface area contributed by atoms with E-state index in [9.17, 15) is 4.79 Å². The predicted molar refractivity (Wildman–Crippen MR) is 101 cm³/mol. The minimum atomic E-state index is -0.190. The Kier molecular flexibility index (Phi) is 6.94. The Morgan fingerprint density at radius 2 is 2.08 bits per heavy atom. The third kappa shape index (κ3) is 5.27. The molecule has 0 unspecified atom stereocenters. The van der Waals surface area contributed by atoms with Crippen LogP contribution >= 0.6 is 11.6 Å². The van der Waals surface area contributed by atoms with Gasteiger partial charge in [0.05, 0.1) is 0 Å². The van der Waals surface area contributed by atoms with Gasteiger partial charge in [-0.25, -0.2) is 0 Å². The Morgan fingerprint density at radius 1 is 1.32 bits per heavy atom. The van der Waals surface area contributed by atoms with Gasteiger partial charge in [0.15, 0.2) is 5.76 Å². The number of unbranched alkanes of at least 4 members (excludes halogenated alkanes) is 1. The number of hydrogen-bond acceptors (Lipinski definition) is 3. The summed E-state index contributed by atoms with van der Waals surface area (Å²) in [6, 6.07) is 7.34. The lowest BCUT2D eigenvalue weighted by molar-refractivity contribution is 0.0921. The largest absolute Gasteiger partial charge is 0.485 e. The highest BCUT2D eigenvalue weighted by molar-refractivity contribution is 6.31. The molecule has 0 radical (unpaired) electrons. The third-order valence-corrected chi connectivity index (χ3v) is 4.39. The lowest BCUT2D eigenvalue weighted by Crippen LogP contribution is -2.23. The zero-order valence-electron chi connectivity index (χ0n) is 15.3. The first kappa shape index (κ1) is 19.4. The van der Waals surface area contributed by atoms with E-state index >= 15 is 0 Å². The highest BCUT2D eigenvalue weighted by atomic mass is 35.5. The molecule has 0 atom stereocenters. The standard InChI is InChI=1S/C20H26ClNO3/c1-5-6-9-22-20(23)18-8-7-15(25-18)12-24-19-10-14(4)17(21)11-16(19)13(2)3/h7-8,10-11,13H,5-6,9,12H2,1-4H3,(H,22,23). The number of nitrogens with one attached hydrogen (secondary N) is 1. The lowest BCUT2D eigenvalue weighted by atomic mass is 10.0. The van der Waals surface area contributed by atoms with Gasteiger partial charge in [-0.15, -0.1) is 0 Å². The minimum absolute atomic E-state index is 0.190. The Bertz CT molecular complexity index is 722. The van der Waals surface area contributed by atoms with E-state index in [-0.39, 0.29) is 12.5 Å². The van der Waals surface area contributed by atoms with E-state index in [1.165, 1.54) is 0 Å². The smallest absolute Gasteiger partial charge is 0.286 e. The van der Waals surface area contributed by atoms with Gasteiger partial charge in [0, 0.05) is 11.6 Å². The van der Waals surface area contributed by atoms with Crippen LogP contribution in [0.5, 0.6) is 5.75 Å². The van der Waals surface area contributed by atoms with Crippen LogP contribution in [-0.4, -0.2) is 12.5 Å². The molecule has 0 aliphatic carbocycles. The number of aryl methyl sites for hydroxylation is 1. The highest BCUT2D eigenvalue weighted by Crippen LogP contribution is 2.32. The van der Waals surface area contributed by atoms with E-state index in [1.807, 2.05) is 19.1 Å². The van der Waals surface area contributed by atoms with E-state index in [1.54, 1.807) is 12.1 Å². The third-order valence-electron chi connectivity index (χ3n) is 3.98. The fourth-order valence-corrected chi connectivity index (χ4v) is 2.61. The van der Waals surface area contributed by atoms with Crippen LogP contribution < -0.4 is 10.1 Å². The molecule has 1 amide bonds. The van der Waals surface area contributed by atoms with Gasteiger partial charge in [0.25, 0.3) is 5.91 Å². The Morgan fingerprint density at radius 3 is 2.76 bits per heavy atom. The molecular weight excluding hydrogens is 338 g/mol. The highest BCUT2D eigenvalue weighted by Gasteiger charge is 2.14. The molecule has 2 rings (SSSR count). The van der Waals surface area contributed by atoms with E-state index in [0.29, 0.717) is 24.0 Å². The van der Waals surface area contributed by atoms with E-state index in [0.717, 1.165) is 34.7 Å². The molecule has 1 aromatic heterocycles. The second-order valence-corrected chi connectivity index (χ2v) is 6.87. The molecule has 0 spiro atoms. The molecule has 0 aliphatic rings. The van der Waals surface area contributed by atoms with Crippen LogP contribution in [0.4, 0.5) is 0 Å². The number of hydrogen-bond donors (Lipinski definition) is 1. The first-order valence-corrected chi connectivity index (χ1v) is 9.10. The summed E-state index contributed by atoms with van der Waals surface area (Å²) in [4.78, 5) is 12.0. The molecule has 1 heterocycles. The van der Waals surface area contributed by atoms with Gasteiger partial charge in [0.2, 0.25) is 0 Å². The zero-order valence-corrected chi connectivity index (χ0v) is 16.1. The van der Waals surface area contributed by atoms with Crippen LogP contribution in [0.25, 0.3) is 0 Å².